The second-order valence-electron chi connectivity index (χ2n) is 5.29. The first-order valence-electron chi connectivity index (χ1n) is 7.24. The molecule has 1 aromatic carbocycles. The van der Waals surface area contributed by atoms with Crippen LogP contribution in [-0.2, 0) is 11.3 Å². The molecular weight excluding hydrogens is 317 g/mol. The number of anilines is 1. The molecule has 0 spiro atoms. The van der Waals surface area contributed by atoms with Gasteiger partial charge in [-0.3, -0.25) is 4.79 Å². The molecule has 0 radical (unpaired) electrons. The van der Waals surface area contributed by atoms with Gasteiger partial charge in [-0.2, -0.15) is 0 Å². The van der Waals surface area contributed by atoms with Crippen LogP contribution in [0, 0.1) is 5.82 Å². The van der Waals surface area contributed by atoms with E-state index in [4.69, 9.17) is 0 Å². The van der Waals surface area contributed by atoms with E-state index < -0.39 is 0 Å². The van der Waals surface area contributed by atoms with Gasteiger partial charge in [-0.25, -0.2) is 9.18 Å². The maximum Gasteiger partial charge on any atom is 0.315 e. The first-order chi connectivity index (χ1) is 11.1. The second kappa shape index (κ2) is 6.78. The Balaban J connectivity index is 1.54. The molecule has 0 bridgehead atoms. The normalized spacial score (nSPS) is 17.3. The lowest BCUT2D eigenvalue weighted by Gasteiger charge is -2.17. The lowest BCUT2D eigenvalue weighted by Crippen LogP contribution is -2.43. The summed E-state index contributed by atoms with van der Waals surface area (Å²) in [5.41, 5.74) is 0.512. The van der Waals surface area contributed by atoms with E-state index in [1.54, 1.807) is 23.5 Å². The van der Waals surface area contributed by atoms with Gasteiger partial charge in [-0.05, 0) is 29.6 Å². The summed E-state index contributed by atoms with van der Waals surface area (Å²) in [6.07, 6.45) is 0.211. The molecule has 0 saturated carbocycles. The SMILES string of the molecule is O=C(NCc1cccs1)NC1CC(=O)N(c2cccc(F)c2)C1. The quantitative estimate of drug-likeness (QED) is 0.903. The van der Waals surface area contributed by atoms with Gasteiger partial charge in [0.25, 0.3) is 0 Å². The standard InChI is InChI=1S/C16H16FN3O2S/c17-11-3-1-4-13(7-11)20-10-12(8-15(20)21)19-16(22)18-9-14-5-2-6-23-14/h1-7,12H,8-10H2,(H2,18,19,22). The number of rotatable bonds is 4. The minimum Gasteiger partial charge on any atom is -0.333 e. The molecule has 7 heteroatoms. The maximum absolute atomic E-state index is 13.3. The topological polar surface area (TPSA) is 61.4 Å². The molecule has 2 N–H and O–H groups in total. The number of nitrogens with zero attached hydrogens (tertiary/aromatic N) is 1. The highest BCUT2D eigenvalue weighted by Gasteiger charge is 2.31. The molecule has 23 heavy (non-hydrogen) atoms. The van der Waals surface area contributed by atoms with Gasteiger partial charge in [0.05, 0.1) is 12.6 Å². The third kappa shape index (κ3) is 3.87. The van der Waals surface area contributed by atoms with Crippen molar-refractivity contribution in [3.8, 4) is 0 Å². The van der Waals surface area contributed by atoms with Crippen LogP contribution in [0.25, 0.3) is 0 Å². The van der Waals surface area contributed by atoms with Crippen molar-refractivity contribution in [1.82, 2.24) is 10.6 Å². The van der Waals surface area contributed by atoms with Gasteiger partial charge in [0.15, 0.2) is 0 Å². The summed E-state index contributed by atoms with van der Waals surface area (Å²) < 4.78 is 13.3. The van der Waals surface area contributed by atoms with Crippen LogP contribution >= 0.6 is 11.3 Å². The number of thiophene rings is 1. The number of hydrogen-bond acceptors (Lipinski definition) is 3. The predicted molar refractivity (Wildman–Crippen MR) is 86.8 cm³/mol. The highest BCUT2D eigenvalue weighted by molar-refractivity contribution is 7.09. The molecule has 3 rings (SSSR count). The Labute approximate surface area is 137 Å². The largest absolute Gasteiger partial charge is 0.333 e. The van der Waals surface area contributed by atoms with Gasteiger partial charge in [0, 0.05) is 23.5 Å². The summed E-state index contributed by atoms with van der Waals surface area (Å²) in [6, 6.07) is 9.16. The Bertz CT molecular complexity index is 705. The molecule has 1 aliphatic rings. The Hall–Kier alpha value is -2.41. The number of carbonyl (C=O) groups is 2. The zero-order valence-corrected chi connectivity index (χ0v) is 13.1. The van der Waals surface area contributed by atoms with Crippen molar-refractivity contribution in [1.29, 1.82) is 0 Å². The molecule has 1 aromatic heterocycles. The van der Waals surface area contributed by atoms with Crippen molar-refractivity contribution in [3.05, 3.63) is 52.5 Å². The zero-order chi connectivity index (χ0) is 16.2. The Morgan fingerprint density at radius 1 is 1.35 bits per heavy atom. The number of amides is 3. The van der Waals surface area contributed by atoms with Gasteiger partial charge in [0.2, 0.25) is 5.91 Å². The van der Waals surface area contributed by atoms with Crippen LogP contribution in [0.4, 0.5) is 14.9 Å². The average Bonchev–Trinajstić information content (AvgIpc) is 3.15. The molecule has 1 atom stereocenters. The number of nitrogens with one attached hydrogen (secondary N) is 2. The summed E-state index contributed by atoms with van der Waals surface area (Å²) in [6.45, 7) is 0.798. The summed E-state index contributed by atoms with van der Waals surface area (Å²) in [4.78, 5) is 26.5. The van der Waals surface area contributed by atoms with Crippen molar-refractivity contribution in [2.24, 2.45) is 0 Å². The van der Waals surface area contributed by atoms with Gasteiger partial charge in [0.1, 0.15) is 5.82 Å². The summed E-state index contributed by atoms with van der Waals surface area (Å²) >= 11 is 1.57. The molecule has 1 fully saturated rings. The molecule has 120 valence electrons. The third-order valence-electron chi connectivity index (χ3n) is 3.58. The molecule has 3 amide bonds. The van der Waals surface area contributed by atoms with Crippen molar-refractivity contribution in [2.75, 3.05) is 11.4 Å². The molecule has 2 aromatic rings. The molecule has 2 heterocycles. The Kier molecular flexibility index (Phi) is 4.57. The van der Waals surface area contributed by atoms with Gasteiger partial charge < -0.3 is 15.5 Å². The number of urea groups is 1. The van der Waals surface area contributed by atoms with E-state index in [0.29, 0.717) is 18.8 Å². The highest BCUT2D eigenvalue weighted by Crippen LogP contribution is 2.22. The molecule has 0 aliphatic carbocycles. The van der Waals surface area contributed by atoms with Gasteiger partial charge in [-0.15, -0.1) is 11.3 Å². The van der Waals surface area contributed by atoms with Crippen LogP contribution in [0.5, 0.6) is 0 Å². The predicted octanol–water partition coefficient (Wildman–Crippen LogP) is 2.49. The van der Waals surface area contributed by atoms with Crippen molar-refractivity contribution in [2.45, 2.75) is 19.0 Å². The van der Waals surface area contributed by atoms with Crippen LogP contribution in [0.2, 0.25) is 0 Å². The smallest absolute Gasteiger partial charge is 0.315 e. The van der Waals surface area contributed by atoms with Crippen molar-refractivity contribution >= 4 is 29.0 Å². The summed E-state index contributed by atoms with van der Waals surface area (Å²) in [5, 5.41) is 7.49. The monoisotopic (exact) mass is 333 g/mol. The van der Waals surface area contributed by atoms with Crippen LogP contribution in [-0.4, -0.2) is 24.5 Å². The average molecular weight is 333 g/mol. The first kappa shape index (κ1) is 15.5. The van der Waals surface area contributed by atoms with Crippen molar-refractivity contribution in [3.63, 3.8) is 0 Å². The molecule has 1 aliphatic heterocycles. The summed E-state index contributed by atoms with van der Waals surface area (Å²) in [7, 11) is 0. The number of benzene rings is 1. The fourth-order valence-corrected chi connectivity index (χ4v) is 3.16. The van der Waals surface area contributed by atoms with E-state index in [0.717, 1.165) is 4.88 Å². The number of hydrogen-bond donors (Lipinski definition) is 2. The fraction of sp³-hybridized carbons (Fsp3) is 0.250. The van der Waals surface area contributed by atoms with Gasteiger partial charge >= 0.3 is 6.03 Å². The Morgan fingerprint density at radius 3 is 2.96 bits per heavy atom. The highest BCUT2D eigenvalue weighted by atomic mass is 32.1. The lowest BCUT2D eigenvalue weighted by molar-refractivity contribution is -0.117. The first-order valence-corrected chi connectivity index (χ1v) is 8.12. The van der Waals surface area contributed by atoms with Gasteiger partial charge in [-0.1, -0.05) is 12.1 Å². The zero-order valence-electron chi connectivity index (χ0n) is 12.3. The van der Waals surface area contributed by atoms with E-state index >= 15 is 0 Å². The second-order valence-corrected chi connectivity index (χ2v) is 6.32. The lowest BCUT2D eigenvalue weighted by atomic mass is 10.2. The minimum absolute atomic E-state index is 0.126. The Morgan fingerprint density at radius 2 is 2.22 bits per heavy atom. The van der Waals surface area contributed by atoms with E-state index in [9.17, 15) is 14.0 Å². The van der Waals surface area contributed by atoms with E-state index in [2.05, 4.69) is 10.6 Å². The number of carbonyl (C=O) groups excluding carboxylic acids is 2. The fourth-order valence-electron chi connectivity index (χ4n) is 2.51. The third-order valence-corrected chi connectivity index (χ3v) is 4.46. The van der Waals surface area contributed by atoms with Crippen LogP contribution in [0.1, 0.15) is 11.3 Å². The van der Waals surface area contributed by atoms with Crippen LogP contribution in [0.15, 0.2) is 41.8 Å². The van der Waals surface area contributed by atoms with Crippen LogP contribution < -0.4 is 15.5 Å². The minimum atomic E-state index is -0.389. The van der Waals surface area contributed by atoms with E-state index in [1.165, 1.54) is 17.0 Å². The molecular formula is C16H16FN3O2S. The van der Waals surface area contributed by atoms with Crippen molar-refractivity contribution < 1.29 is 14.0 Å². The van der Waals surface area contributed by atoms with E-state index in [1.807, 2.05) is 17.5 Å². The van der Waals surface area contributed by atoms with E-state index in [-0.39, 0.29) is 30.2 Å². The van der Waals surface area contributed by atoms with Crippen LogP contribution in [0.3, 0.4) is 0 Å². The summed E-state index contributed by atoms with van der Waals surface area (Å²) in [5.74, 6) is -0.514. The number of halogens is 1. The molecule has 1 unspecified atom stereocenters. The molecule has 1 saturated heterocycles. The maximum atomic E-state index is 13.3. The molecule has 5 nitrogen and oxygen atoms in total.